The van der Waals surface area contributed by atoms with E-state index < -0.39 is 0 Å². The molecule has 102 valence electrons. The van der Waals surface area contributed by atoms with Crippen molar-refractivity contribution in [2.75, 3.05) is 6.61 Å². The molecule has 19 heavy (non-hydrogen) atoms. The Kier molecular flexibility index (Phi) is 3.31. The SMILES string of the molecule is CCCC[C@@]12CCC(=O)N1[C@@H](c1ccccc1)CO2. The number of fused-ring (bicyclic) bond motifs is 1. The Morgan fingerprint density at radius 3 is 2.89 bits per heavy atom. The molecule has 0 N–H and O–H groups in total. The van der Waals surface area contributed by atoms with Crippen LogP contribution >= 0.6 is 0 Å². The van der Waals surface area contributed by atoms with Crippen molar-refractivity contribution >= 4 is 5.91 Å². The summed E-state index contributed by atoms with van der Waals surface area (Å²) >= 11 is 0. The summed E-state index contributed by atoms with van der Waals surface area (Å²) in [7, 11) is 0. The highest BCUT2D eigenvalue weighted by Gasteiger charge is 2.53. The molecule has 3 nitrogen and oxygen atoms in total. The fraction of sp³-hybridized carbons (Fsp3) is 0.562. The van der Waals surface area contributed by atoms with Crippen LogP contribution in [-0.4, -0.2) is 23.1 Å². The van der Waals surface area contributed by atoms with Gasteiger partial charge in [0, 0.05) is 12.8 Å². The standard InChI is InChI=1S/C16H21NO2/c1-2-3-10-16-11-9-15(18)17(16)14(12-19-16)13-7-5-4-6-8-13/h4-8,14H,2-3,9-12H2,1H3/t14-,16-/m1/s1. The van der Waals surface area contributed by atoms with Gasteiger partial charge in [0.1, 0.15) is 5.72 Å². The Balaban J connectivity index is 1.88. The minimum atomic E-state index is -0.312. The van der Waals surface area contributed by atoms with Gasteiger partial charge >= 0.3 is 0 Å². The zero-order chi connectivity index (χ0) is 13.3. The van der Waals surface area contributed by atoms with Crippen molar-refractivity contribution < 1.29 is 9.53 Å². The van der Waals surface area contributed by atoms with E-state index in [-0.39, 0.29) is 17.7 Å². The van der Waals surface area contributed by atoms with Gasteiger partial charge in [0.15, 0.2) is 0 Å². The number of carbonyl (C=O) groups excluding carboxylic acids is 1. The van der Waals surface area contributed by atoms with Crippen LogP contribution < -0.4 is 0 Å². The van der Waals surface area contributed by atoms with Crippen LogP contribution in [0.15, 0.2) is 30.3 Å². The summed E-state index contributed by atoms with van der Waals surface area (Å²) in [6.45, 7) is 2.82. The van der Waals surface area contributed by atoms with Crippen LogP contribution in [0.3, 0.4) is 0 Å². The smallest absolute Gasteiger partial charge is 0.225 e. The van der Waals surface area contributed by atoms with E-state index in [2.05, 4.69) is 19.1 Å². The number of hydrogen-bond donors (Lipinski definition) is 0. The molecule has 3 rings (SSSR count). The summed E-state index contributed by atoms with van der Waals surface area (Å²) in [5.41, 5.74) is 0.879. The van der Waals surface area contributed by atoms with Crippen molar-refractivity contribution in [2.24, 2.45) is 0 Å². The third-order valence-electron chi connectivity index (χ3n) is 4.36. The van der Waals surface area contributed by atoms with E-state index in [1.165, 1.54) is 5.56 Å². The Morgan fingerprint density at radius 1 is 1.37 bits per heavy atom. The Bertz CT molecular complexity index is 459. The van der Waals surface area contributed by atoms with Gasteiger partial charge in [0.05, 0.1) is 12.6 Å². The lowest BCUT2D eigenvalue weighted by Crippen LogP contribution is -2.42. The third-order valence-corrected chi connectivity index (χ3v) is 4.36. The molecule has 0 aromatic heterocycles. The van der Waals surface area contributed by atoms with E-state index >= 15 is 0 Å². The molecule has 2 aliphatic rings. The topological polar surface area (TPSA) is 29.5 Å². The molecule has 2 heterocycles. The molecule has 0 spiro atoms. The molecule has 0 aliphatic carbocycles. The average molecular weight is 259 g/mol. The molecular formula is C16H21NO2. The van der Waals surface area contributed by atoms with Gasteiger partial charge < -0.3 is 9.64 Å². The normalized spacial score (nSPS) is 29.8. The summed E-state index contributed by atoms with van der Waals surface area (Å²) in [5.74, 6) is 0.252. The molecule has 2 fully saturated rings. The van der Waals surface area contributed by atoms with Crippen molar-refractivity contribution in [1.82, 2.24) is 4.90 Å². The molecule has 0 bridgehead atoms. The molecule has 2 saturated heterocycles. The predicted molar refractivity (Wildman–Crippen MR) is 73.5 cm³/mol. The second-order valence-electron chi connectivity index (χ2n) is 5.55. The predicted octanol–water partition coefficient (Wildman–Crippen LogP) is 3.27. The van der Waals surface area contributed by atoms with Crippen molar-refractivity contribution in [3.8, 4) is 0 Å². The van der Waals surface area contributed by atoms with E-state index in [1.54, 1.807) is 0 Å². The van der Waals surface area contributed by atoms with Gasteiger partial charge in [0.25, 0.3) is 0 Å². The number of rotatable bonds is 4. The maximum atomic E-state index is 12.3. The van der Waals surface area contributed by atoms with Gasteiger partial charge in [-0.15, -0.1) is 0 Å². The summed E-state index contributed by atoms with van der Waals surface area (Å²) in [6, 6.07) is 10.4. The second kappa shape index (κ2) is 4.97. The molecule has 0 saturated carbocycles. The molecule has 1 aromatic rings. The average Bonchev–Trinajstić information content (AvgIpc) is 2.97. The first-order valence-electron chi connectivity index (χ1n) is 7.28. The Hall–Kier alpha value is -1.35. The van der Waals surface area contributed by atoms with Gasteiger partial charge in [-0.2, -0.15) is 0 Å². The molecule has 0 unspecified atom stereocenters. The van der Waals surface area contributed by atoms with Crippen LogP contribution in [0.5, 0.6) is 0 Å². The first-order chi connectivity index (χ1) is 9.27. The monoisotopic (exact) mass is 259 g/mol. The first-order valence-corrected chi connectivity index (χ1v) is 7.28. The van der Waals surface area contributed by atoms with Gasteiger partial charge in [0.2, 0.25) is 5.91 Å². The number of amides is 1. The van der Waals surface area contributed by atoms with Crippen LogP contribution in [-0.2, 0) is 9.53 Å². The molecule has 0 radical (unpaired) electrons. The van der Waals surface area contributed by atoms with E-state index in [4.69, 9.17) is 4.74 Å². The second-order valence-corrected chi connectivity index (χ2v) is 5.55. The maximum absolute atomic E-state index is 12.3. The van der Waals surface area contributed by atoms with Crippen LogP contribution in [0.2, 0.25) is 0 Å². The summed E-state index contributed by atoms with van der Waals surface area (Å²) in [5, 5.41) is 0. The van der Waals surface area contributed by atoms with Crippen LogP contribution in [0.4, 0.5) is 0 Å². The van der Waals surface area contributed by atoms with Gasteiger partial charge in [-0.05, 0) is 18.4 Å². The van der Waals surface area contributed by atoms with Gasteiger partial charge in [-0.1, -0.05) is 43.7 Å². The lowest BCUT2D eigenvalue weighted by molar-refractivity contribution is -0.139. The summed E-state index contributed by atoms with van der Waals surface area (Å²) < 4.78 is 6.11. The highest BCUT2D eigenvalue weighted by Crippen LogP contribution is 2.47. The zero-order valence-electron chi connectivity index (χ0n) is 11.5. The van der Waals surface area contributed by atoms with E-state index in [0.29, 0.717) is 13.0 Å². The van der Waals surface area contributed by atoms with Crippen LogP contribution in [0.1, 0.15) is 50.6 Å². The lowest BCUT2D eigenvalue weighted by atomic mass is 10.0. The quantitative estimate of drug-likeness (QED) is 0.830. The molecule has 3 heteroatoms. The number of unbranched alkanes of at least 4 members (excludes halogenated alkanes) is 1. The summed E-state index contributed by atoms with van der Waals surface area (Å²) in [6.07, 6.45) is 4.72. The molecule has 1 amide bonds. The highest BCUT2D eigenvalue weighted by atomic mass is 16.5. The van der Waals surface area contributed by atoms with E-state index in [1.807, 2.05) is 23.1 Å². The van der Waals surface area contributed by atoms with Gasteiger partial charge in [-0.3, -0.25) is 4.79 Å². The highest BCUT2D eigenvalue weighted by molar-refractivity contribution is 5.80. The fourth-order valence-electron chi connectivity index (χ4n) is 3.37. The molecular weight excluding hydrogens is 238 g/mol. The number of hydrogen-bond acceptors (Lipinski definition) is 2. The van der Waals surface area contributed by atoms with Crippen molar-refractivity contribution in [3.63, 3.8) is 0 Å². The summed E-state index contributed by atoms with van der Waals surface area (Å²) in [4.78, 5) is 14.3. The number of benzene rings is 1. The maximum Gasteiger partial charge on any atom is 0.225 e. The lowest BCUT2D eigenvalue weighted by Gasteiger charge is -2.33. The molecule has 2 aliphatic heterocycles. The number of carbonyl (C=O) groups is 1. The zero-order valence-corrected chi connectivity index (χ0v) is 11.5. The molecule has 1 aromatic carbocycles. The van der Waals surface area contributed by atoms with Gasteiger partial charge in [-0.25, -0.2) is 0 Å². The Morgan fingerprint density at radius 2 is 2.16 bits per heavy atom. The van der Waals surface area contributed by atoms with Crippen molar-refractivity contribution in [1.29, 1.82) is 0 Å². The number of nitrogens with zero attached hydrogens (tertiary/aromatic N) is 1. The van der Waals surface area contributed by atoms with Crippen LogP contribution in [0.25, 0.3) is 0 Å². The molecule has 2 atom stereocenters. The van der Waals surface area contributed by atoms with Crippen LogP contribution in [0, 0.1) is 0 Å². The largest absolute Gasteiger partial charge is 0.353 e. The Labute approximate surface area is 114 Å². The fourth-order valence-corrected chi connectivity index (χ4v) is 3.37. The van der Waals surface area contributed by atoms with Crippen molar-refractivity contribution in [3.05, 3.63) is 35.9 Å². The minimum absolute atomic E-state index is 0.105. The van der Waals surface area contributed by atoms with E-state index in [0.717, 1.165) is 25.7 Å². The minimum Gasteiger partial charge on any atom is -0.353 e. The first kappa shape index (κ1) is 12.7. The number of ether oxygens (including phenoxy) is 1. The van der Waals surface area contributed by atoms with E-state index in [9.17, 15) is 4.79 Å². The third kappa shape index (κ3) is 2.06. The van der Waals surface area contributed by atoms with Crippen molar-refractivity contribution in [2.45, 2.75) is 50.8 Å².